The van der Waals surface area contributed by atoms with Crippen LogP contribution in [0.3, 0.4) is 0 Å². The first kappa shape index (κ1) is 21.5. The van der Waals surface area contributed by atoms with E-state index in [4.69, 9.17) is 0 Å². The number of benzene rings is 2. The van der Waals surface area contributed by atoms with Crippen molar-refractivity contribution in [2.75, 3.05) is 18.4 Å². The van der Waals surface area contributed by atoms with E-state index in [1.807, 2.05) is 24.3 Å². The minimum atomic E-state index is -0.275. The molecule has 0 spiro atoms. The average molecular weight is 454 g/mol. The van der Waals surface area contributed by atoms with Crippen molar-refractivity contribution in [1.29, 1.82) is 0 Å². The maximum atomic E-state index is 13.5. The number of aromatic nitrogens is 3. The van der Waals surface area contributed by atoms with Gasteiger partial charge in [-0.05, 0) is 43.2 Å². The number of carbonyl (C=O) groups excluding carboxylic acids is 2. The standard InChI is InChI=1S/C26H23N5O3/c32-24(28-22-12-6-7-15-27-22)18-13-16-30(17-14-18)26(34)23-20-10-4-5-11-21(20)25(33)31(29-23)19-8-2-1-3-9-19/h1-12,15,18H,13-14,16-17H2,(H,27,28,32). The number of fused-ring (bicyclic) bond motifs is 1. The molecule has 0 unspecified atom stereocenters. The molecule has 0 atom stereocenters. The lowest BCUT2D eigenvalue weighted by Crippen LogP contribution is -2.42. The number of piperidine rings is 1. The number of nitrogens with zero attached hydrogens (tertiary/aromatic N) is 4. The maximum absolute atomic E-state index is 13.5. The van der Waals surface area contributed by atoms with Gasteiger partial charge in [0.05, 0.1) is 11.1 Å². The zero-order valence-corrected chi connectivity index (χ0v) is 18.4. The Labute approximate surface area is 195 Å². The molecule has 1 fully saturated rings. The summed E-state index contributed by atoms with van der Waals surface area (Å²) >= 11 is 0. The lowest BCUT2D eigenvalue weighted by molar-refractivity contribution is -0.121. The number of hydrogen-bond acceptors (Lipinski definition) is 5. The van der Waals surface area contributed by atoms with Crippen LogP contribution in [0.4, 0.5) is 5.82 Å². The highest BCUT2D eigenvalue weighted by Gasteiger charge is 2.30. The van der Waals surface area contributed by atoms with Gasteiger partial charge in [-0.2, -0.15) is 9.78 Å². The molecule has 0 radical (unpaired) electrons. The van der Waals surface area contributed by atoms with Gasteiger partial charge < -0.3 is 10.2 Å². The quantitative estimate of drug-likeness (QED) is 0.512. The molecule has 4 aromatic rings. The van der Waals surface area contributed by atoms with Crippen molar-refractivity contribution < 1.29 is 9.59 Å². The van der Waals surface area contributed by atoms with Gasteiger partial charge in [0, 0.05) is 30.6 Å². The van der Waals surface area contributed by atoms with E-state index < -0.39 is 0 Å². The van der Waals surface area contributed by atoms with Gasteiger partial charge in [0.25, 0.3) is 11.5 Å². The van der Waals surface area contributed by atoms with Crippen LogP contribution < -0.4 is 10.9 Å². The highest BCUT2D eigenvalue weighted by Crippen LogP contribution is 2.23. The van der Waals surface area contributed by atoms with Crippen molar-refractivity contribution in [3.8, 4) is 5.69 Å². The summed E-state index contributed by atoms with van der Waals surface area (Å²) in [7, 11) is 0. The van der Waals surface area contributed by atoms with E-state index >= 15 is 0 Å². The van der Waals surface area contributed by atoms with Gasteiger partial charge in [0.15, 0.2) is 5.69 Å². The molecule has 8 heteroatoms. The largest absolute Gasteiger partial charge is 0.337 e. The molecule has 0 bridgehead atoms. The SMILES string of the molecule is O=C(Nc1ccccn1)C1CCN(C(=O)c2nn(-c3ccccc3)c(=O)c3ccccc23)CC1. The fourth-order valence-electron chi connectivity index (χ4n) is 4.25. The predicted molar refractivity (Wildman–Crippen MR) is 129 cm³/mol. The van der Waals surface area contributed by atoms with E-state index in [-0.39, 0.29) is 29.0 Å². The zero-order chi connectivity index (χ0) is 23.5. The summed E-state index contributed by atoms with van der Waals surface area (Å²) in [6.45, 7) is 0.860. The van der Waals surface area contributed by atoms with Gasteiger partial charge in [-0.25, -0.2) is 4.98 Å². The molecular formula is C26H23N5O3. The molecule has 1 N–H and O–H groups in total. The van der Waals surface area contributed by atoms with Gasteiger partial charge >= 0.3 is 0 Å². The molecule has 1 aliphatic rings. The second-order valence-electron chi connectivity index (χ2n) is 8.22. The Balaban J connectivity index is 1.38. The van der Waals surface area contributed by atoms with Crippen LogP contribution >= 0.6 is 0 Å². The third-order valence-electron chi connectivity index (χ3n) is 6.08. The van der Waals surface area contributed by atoms with Crippen molar-refractivity contribution >= 4 is 28.4 Å². The van der Waals surface area contributed by atoms with Crippen LogP contribution in [0.25, 0.3) is 16.5 Å². The lowest BCUT2D eigenvalue weighted by atomic mass is 9.95. The molecule has 0 aliphatic carbocycles. The Morgan fingerprint density at radius 3 is 2.24 bits per heavy atom. The lowest BCUT2D eigenvalue weighted by Gasteiger charge is -2.31. The minimum absolute atomic E-state index is 0.0907. The number of rotatable bonds is 4. The maximum Gasteiger partial charge on any atom is 0.279 e. The number of nitrogens with one attached hydrogen (secondary N) is 1. The first-order chi connectivity index (χ1) is 16.6. The number of pyridine rings is 1. The van der Waals surface area contributed by atoms with E-state index in [1.165, 1.54) is 4.68 Å². The average Bonchev–Trinajstić information content (AvgIpc) is 2.90. The summed E-state index contributed by atoms with van der Waals surface area (Å²) in [5.41, 5.74) is 0.552. The Bertz CT molecular complexity index is 1390. The van der Waals surface area contributed by atoms with Crippen LogP contribution in [0, 0.1) is 5.92 Å². The molecule has 1 saturated heterocycles. The first-order valence-electron chi connectivity index (χ1n) is 11.2. The van der Waals surface area contributed by atoms with Gasteiger partial charge in [-0.15, -0.1) is 0 Å². The van der Waals surface area contributed by atoms with E-state index in [2.05, 4.69) is 15.4 Å². The topological polar surface area (TPSA) is 97.2 Å². The summed E-state index contributed by atoms with van der Waals surface area (Å²) in [6, 6.07) is 21.4. The molecule has 1 aliphatic heterocycles. The van der Waals surface area contributed by atoms with Gasteiger partial charge in [-0.3, -0.25) is 14.4 Å². The summed E-state index contributed by atoms with van der Waals surface area (Å²) < 4.78 is 1.28. The van der Waals surface area contributed by atoms with Crippen LogP contribution in [0.5, 0.6) is 0 Å². The normalized spacial score (nSPS) is 14.2. The molecule has 2 aromatic heterocycles. The predicted octanol–water partition coefficient (Wildman–Crippen LogP) is 3.27. The molecule has 170 valence electrons. The van der Waals surface area contributed by atoms with Crippen LogP contribution in [-0.2, 0) is 4.79 Å². The van der Waals surface area contributed by atoms with E-state index in [1.54, 1.807) is 59.6 Å². The Hall–Kier alpha value is -4.33. The number of para-hydroxylation sites is 1. The van der Waals surface area contributed by atoms with E-state index in [0.29, 0.717) is 48.2 Å². The third kappa shape index (κ3) is 4.17. The van der Waals surface area contributed by atoms with Crippen molar-refractivity contribution in [3.63, 3.8) is 0 Å². The summed E-state index contributed by atoms with van der Waals surface area (Å²) in [6.07, 6.45) is 2.71. The molecule has 0 saturated carbocycles. The number of hydrogen-bond donors (Lipinski definition) is 1. The van der Waals surface area contributed by atoms with E-state index in [0.717, 1.165) is 0 Å². The molecule has 34 heavy (non-hydrogen) atoms. The van der Waals surface area contributed by atoms with Crippen molar-refractivity contribution in [3.05, 3.63) is 95.0 Å². The summed E-state index contributed by atoms with van der Waals surface area (Å²) in [4.78, 5) is 45.1. The minimum Gasteiger partial charge on any atom is -0.337 e. The molecule has 3 heterocycles. The first-order valence-corrected chi connectivity index (χ1v) is 11.2. The Morgan fingerprint density at radius 1 is 0.853 bits per heavy atom. The molecular weight excluding hydrogens is 430 g/mol. The third-order valence-corrected chi connectivity index (χ3v) is 6.08. The highest BCUT2D eigenvalue weighted by atomic mass is 16.2. The van der Waals surface area contributed by atoms with Crippen LogP contribution in [0.1, 0.15) is 23.3 Å². The van der Waals surface area contributed by atoms with E-state index in [9.17, 15) is 14.4 Å². The fraction of sp³-hybridized carbons (Fsp3) is 0.192. The molecule has 2 aromatic carbocycles. The van der Waals surface area contributed by atoms with Gasteiger partial charge in [0.1, 0.15) is 5.82 Å². The summed E-state index contributed by atoms with van der Waals surface area (Å²) in [5.74, 6) is -0.0182. The van der Waals surface area contributed by atoms with Crippen LogP contribution in [-0.4, -0.2) is 44.6 Å². The van der Waals surface area contributed by atoms with Crippen LogP contribution in [0.15, 0.2) is 83.8 Å². The highest BCUT2D eigenvalue weighted by molar-refractivity contribution is 6.05. The number of amides is 2. The van der Waals surface area contributed by atoms with Crippen molar-refractivity contribution in [1.82, 2.24) is 19.7 Å². The van der Waals surface area contributed by atoms with Gasteiger partial charge in [0.2, 0.25) is 5.91 Å². The molecule has 5 rings (SSSR count). The number of likely N-dealkylation sites (tertiary alicyclic amines) is 1. The fourth-order valence-corrected chi connectivity index (χ4v) is 4.25. The van der Waals surface area contributed by atoms with Crippen molar-refractivity contribution in [2.24, 2.45) is 5.92 Å². The number of carbonyl (C=O) groups is 2. The van der Waals surface area contributed by atoms with Crippen LogP contribution in [0.2, 0.25) is 0 Å². The molecule has 2 amide bonds. The summed E-state index contributed by atoms with van der Waals surface area (Å²) in [5, 5.41) is 8.29. The molecule has 8 nitrogen and oxygen atoms in total. The smallest absolute Gasteiger partial charge is 0.279 e. The second-order valence-corrected chi connectivity index (χ2v) is 8.22. The Morgan fingerprint density at radius 2 is 1.53 bits per heavy atom. The second kappa shape index (κ2) is 9.27. The van der Waals surface area contributed by atoms with Crippen molar-refractivity contribution in [2.45, 2.75) is 12.8 Å². The zero-order valence-electron chi connectivity index (χ0n) is 18.4. The van der Waals surface area contributed by atoms with Gasteiger partial charge in [-0.1, -0.05) is 42.5 Å². The monoisotopic (exact) mass is 453 g/mol. The Kier molecular flexibility index (Phi) is 5.86. The number of anilines is 1.